The Bertz CT molecular complexity index is 1120. The molecule has 0 radical (unpaired) electrons. The van der Waals surface area contributed by atoms with Gasteiger partial charge in [-0.05, 0) is 60.4 Å². The van der Waals surface area contributed by atoms with Crippen molar-refractivity contribution in [3.05, 3.63) is 83.1 Å². The number of furan rings is 1. The third-order valence-electron chi connectivity index (χ3n) is 5.03. The van der Waals surface area contributed by atoms with Gasteiger partial charge in [0.15, 0.2) is 5.76 Å². The average Bonchev–Trinajstić information content (AvgIpc) is 3.09. The molecule has 4 rings (SSSR count). The number of hydrogen-bond acceptors (Lipinski definition) is 2. The molecule has 0 spiro atoms. The number of rotatable bonds is 3. The van der Waals surface area contributed by atoms with E-state index in [0.717, 1.165) is 27.3 Å². The van der Waals surface area contributed by atoms with Crippen molar-refractivity contribution in [3.63, 3.8) is 0 Å². The Morgan fingerprint density at radius 3 is 2.54 bits per heavy atom. The van der Waals surface area contributed by atoms with E-state index in [1.54, 1.807) is 0 Å². The van der Waals surface area contributed by atoms with E-state index in [9.17, 15) is 4.79 Å². The molecule has 1 amide bonds. The number of hydrogen-bond donors (Lipinski definition) is 1. The molecule has 0 aliphatic rings. The van der Waals surface area contributed by atoms with Crippen LogP contribution < -0.4 is 5.32 Å². The molecule has 26 heavy (non-hydrogen) atoms. The van der Waals surface area contributed by atoms with Gasteiger partial charge in [0.1, 0.15) is 5.58 Å². The van der Waals surface area contributed by atoms with Crippen LogP contribution in [0.1, 0.15) is 40.2 Å². The van der Waals surface area contributed by atoms with Crippen LogP contribution in [0.3, 0.4) is 0 Å². The summed E-state index contributed by atoms with van der Waals surface area (Å²) in [5, 5.41) is 6.23. The summed E-state index contributed by atoms with van der Waals surface area (Å²) in [5.74, 6) is 0.142. The zero-order valence-electron chi connectivity index (χ0n) is 15.2. The Balaban J connectivity index is 1.63. The van der Waals surface area contributed by atoms with Crippen LogP contribution in [0.25, 0.3) is 21.7 Å². The molecular formula is C23H21NO2. The molecule has 1 atom stereocenters. The highest BCUT2D eigenvalue weighted by atomic mass is 16.3. The SMILES string of the molecule is Cc1ccc([C@@H](C)NC(=O)c2cc3c(ccc4ccccc43)o2)cc1C. The van der Waals surface area contributed by atoms with Gasteiger partial charge >= 0.3 is 0 Å². The highest BCUT2D eigenvalue weighted by Crippen LogP contribution is 2.28. The average molecular weight is 343 g/mol. The van der Waals surface area contributed by atoms with Gasteiger partial charge < -0.3 is 9.73 Å². The van der Waals surface area contributed by atoms with E-state index in [4.69, 9.17) is 4.42 Å². The second kappa shape index (κ2) is 6.34. The second-order valence-corrected chi connectivity index (χ2v) is 6.85. The molecular weight excluding hydrogens is 322 g/mol. The molecule has 1 N–H and O–H groups in total. The molecule has 130 valence electrons. The molecule has 0 aliphatic carbocycles. The van der Waals surface area contributed by atoms with Crippen LogP contribution >= 0.6 is 0 Å². The van der Waals surface area contributed by atoms with Crippen molar-refractivity contribution < 1.29 is 9.21 Å². The van der Waals surface area contributed by atoms with Gasteiger partial charge in [-0.1, -0.05) is 48.5 Å². The molecule has 1 heterocycles. The van der Waals surface area contributed by atoms with E-state index in [1.807, 2.05) is 43.3 Å². The minimum atomic E-state index is -0.198. The van der Waals surface area contributed by atoms with Crippen molar-refractivity contribution in [2.75, 3.05) is 0 Å². The Morgan fingerprint density at radius 1 is 0.923 bits per heavy atom. The number of nitrogens with one attached hydrogen (secondary N) is 1. The van der Waals surface area contributed by atoms with E-state index in [1.165, 1.54) is 11.1 Å². The van der Waals surface area contributed by atoms with Gasteiger partial charge in [-0.15, -0.1) is 0 Å². The second-order valence-electron chi connectivity index (χ2n) is 6.85. The summed E-state index contributed by atoms with van der Waals surface area (Å²) in [6.07, 6.45) is 0. The number of benzene rings is 3. The first-order valence-corrected chi connectivity index (χ1v) is 8.82. The van der Waals surface area contributed by atoms with Gasteiger partial charge in [-0.2, -0.15) is 0 Å². The molecule has 4 aromatic rings. The number of amides is 1. The van der Waals surface area contributed by atoms with Gasteiger partial charge in [0.25, 0.3) is 5.91 Å². The maximum absolute atomic E-state index is 12.7. The Morgan fingerprint density at radius 2 is 1.73 bits per heavy atom. The maximum atomic E-state index is 12.7. The van der Waals surface area contributed by atoms with Crippen LogP contribution in [-0.4, -0.2) is 5.91 Å². The first-order valence-electron chi connectivity index (χ1n) is 8.82. The van der Waals surface area contributed by atoms with Gasteiger partial charge in [-0.25, -0.2) is 0 Å². The first-order chi connectivity index (χ1) is 12.5. The summed E-state index contributed by atoms with van der Waals surface area (Å²) in [5.41, 5.74) is 4.28. The van der Waals surface area contributed by atoms with Crippen molar-refractivity contribution in [1.82, 2.24) is 5.32 Å². The lowest BCUT2D eigenvalue weighted by molar-refractivity contribution is 0.0914. The fourth-order valence-corrected chi connectivity index (χ4v) is 3.29. The topological polar surface area (TPSA) is 42.2 Å². The largest absolute Gasteiger partial charge is 0.451 e. The summed E-state index contributed by atoms with van der Waals surface area (Å²) in [7, 11) is 0. The number of aryl methyl sites for hydroxylation is 2. The van der Waals surface area contributed by atoms with E-state index in [2.05, 4.69) is 43.4 Å². The van der Waals surface area contributed by atoms with Crippen LogP contribution in [-0.2, 0) is 0 Å². The van der Waals surface area contributed by atoms with Crippen molar-refractivity contribution in [1.29, 1.82) is 0 Å². The third-order valence-corrected chi connectivity index (χ3v) is 5.03. The van der Waals surface area contributed by atoms with Crippen LogP contribution in [0, 0.1) is 13.8 Å². The fraction of sp³-hybridized carbons (Fsp3) is 0.174. The Hall–Kier alpha value is -3.07. The van der Waals surface area contributed by atoms with Gasteiger partial charge in [0.2, 0.25) is 0 Å². The van der Waals surface area contributed by atoms with E-state index < -0.39 is 0 Å². The lowest BCUT2D eigenvalue weighted by Crippen LogP contribution is -2.26. The van der Waals surface area contributed by atoms with Gasteiger partial charge in [-0.3, -0.25) is 4.79 Å². The molecule has 0 aliphatic heterocycles. The third kappa shape index (κ3) is 2.86. The highest BCUT2D eigenvalue weighted by molar-refractivity contribution is 6.08. The summed E-state index contributed by atoms with van der Waals surface area (Å²) in [6.45, 7) is 6.15. The molecule has 0 saturated carbocycles. The van der Waals surface area contributed by atoms with Crippen molar-refractivity contribution in [2.24, 2.45) is 0 Å². The van der Waals surface area contributed by atoms with Crippen LogP contribution in [0.15, 0.2) is 65.1 Å². The minimum Gasteiger partial charge on any atom is -0.451 e. The molecule has 0 unspecified atom stereocenters. The van der Waals surface area contributed by atoms with E-state index in [-0.39, 0.29) is 11.9 Å². The monoisotopic (exact) mass is 343 g/mol. The smallest absolute Gasteiger partial charge is 0.287 e. The minimum absolute atomic E-state index is 0.0910. The lowest BCUT2D eigenvalue weighted by atomic mass is 10.0. The predicted molar refractivity (Wildman–Crippen MR) is 106 cm³/mol. The summed E-state index contributed by atoms with van der Waals surface area (Å²) in [6, 6.07) is 20.0. The number of fused-ring (bicyclic) bond motifs is 3. The summed E-state index contributed by atoms with van der Waals surface area (Å²) in [4.78, 5) is 12.7. The molecule has 0 saturated heterocycles. The molecule has 0 bridgehead atoms. The first kappa shape index (κ1) is 16.4. The zero-order valence-corrected chi connectivity index (χ0v) is 15.2. The quantitative estimate of drug-likeness (QED) is 0.519. The van der Waals surface area contributed by atoms with Crippen LogP contribution in [0.5, 0.6) is 0 Å². The summed E-state index contributed by atoms with van der Waals surface area (Å²) < 4.78 is 5.81. The van der Waals surface area contributed by atoms with Crippen LogP contribution in [0.4, 0.5) is 0 Å². The molecule has 3 nitrogen and oxygen atoms in total. The maximum Gasteiger partial charge on any atom is 0.287 e. The predicted octanol–water partition coefficient (Wildman–Crippen LogP) is 5.69. The summed E-state index contributed by atoms with van der Waals surface area (Å²) >= 11 is 0. The van der Waals surface area contributed by atoms with Crippen molar-refractivity contribution in [2.45, 2.75) is 26.8 Å². The molecule has 1 aromatic heterocycles. The molecule has 3 aromatic carbocycles. The van der Waals surface area contributed by atoms with Crippen molar-refractivity contribution >= 4 is 27.6 Å². The van der Waals surface area contributed by atoms with Gasteiger partial charge in [0.05, 0.1) is 6.04 Å². The number of carbonyl (C=O) groups excluding carboxylic acids is 1. The van der Waals surface area contributed by atoms with Crippen LogP contribution in [0.2, 0.25) is 0 Å². The van der Waals surface area contributed by atoms with E-state index in [0.29, 0.717) is 5.76 Å². The van der Waals surface area contributed by atoms with Gasteiger partial charge in [0, 0.05) is 5.39 Å². The van der Waals surface area contributed by atoms with E-state index >= 15 is 0 Å². The van der Waals surface area contributed by atoms with Crippen molar-refractivity contribution in [3.8, 4) is 0 Å². The Kier molecular flexibility index (Phi) is 4.00. The highest BCUT2D eigenvalue weighted by Gasteiger charge is 2.17. The normalized spacial score (nSPS) is 12.4. The zero-order chi connectivity index (χ0) is 18.3. The fourth-order valence-electron chi connectivity index (χ4n) is 3.29. The number of carbonyl (C=O) groups is 1. The lowest BCUT2D eigenvalue weighted by Gasteiger charge is -2.14. The Labute approximate surface area is 152 Å². The molecule has 3 heteroatoms. The standard InChI is InChI=1S/C23H21NO2/c1-14-8-9-18(12-15(14)2)16(3)24-23(25)22-13-20-19-7-5-4-6-17(19)10-11-21(20)26-22/h4-13,16H,1-3H3,(H,24,25)/t16-/m1/s1. The molecule has 0 fully saturated rings.